The van der Waals surface area contributed by atoms with Gasteiger partial charge in [0.2, 0.25) is 0 Å². The highest BCUT2D eigenvalue weighted by Crippen LogP contribution is 2.18. The van der Waals surface area contributed by atoms with Crippen molar-refractivity contribution >= 4 is 17.9 Å². The van der Waals surface area contributed by atoms with E-state index in [2.05, 4.69) is 4.99 Å². The van der Waals surface area contributed by atoms with Crippen molar-refractivity contribution in [1.29, 1.82) is 0 Å². The van der Waals surface area contributed by atoms with Crippen LogP contribution in [0.3, 0.4) is 0 Å². The van der Waals surface area contributed by atoms with E-state index in [1.54, 1.807) is 6.29 Å². The fourth-order valence-corrected chi connectivity index (χ4v) is 1.68. The Morgan fingerprint density at radius 1 is 0.812 bits per heavy atom. The Morgan fingerprint density at radius 3 is 2.44 bits per heavy atom. The molecule has 0 N–H and O–H groups in total. The molecule has 0 fully saturated rings. The molecule has 0 saturated heterocycles. The van der Waals surface area contributed by atoms with E-state index in [0.717, 1.165) is 16.8 Å². The van der Waals surface area contributed by atoms with Crippen molar-refractivity contribution in [2.24, 2.45) is 4.99 Å². The average Bonchev–Trinajstić information content (AvgIpc) is 2.74. The van der Waals surface area contributed by atoms with Gasteiger partial charge in [-0.1, -0.05) is 30.3 Å². The summed E-state index contributed by atoms with van der Waals surface area (Å²) in [5.41, 5.74) is 3.03. The summed E-state index contributed by atoms with van der Waals surface area (Å²) in [7, 11) is 0. The molecule has 0 atom stereocenters. The average molecular weight is 208 g/mol. The number of para-hydroxylation sites is 1. The number of rotatable bonds is 1. The van der Waals surface area contributed by atoms with Gasteiger partial charge in [0.25, 0.3) is 0 Å². The predicted molar refractivity (Wildman–Crippen MR) is 64.5 cm³/mol. The SMILES string of the molecule is C1=[O+]C(=Nc2ccccc2)c2ccccc21. The third kappa shape index (κ3) is 1.54. The van der Waals surface area contributed by atoms with Gasteiger partial charge in [-0.05, 0) is 24.3 Å². The molecule has 2 aromatic carbocycles. The lowest BCUT2D eigenvalue weighted by Crippen LogP contribution is -1.92. The van der Waals surface area contributed by atoms with E-state index in [-0.39, 0.29) is 0 Å². The summed E-state index contributed by atoms with van der Waals surface area (Å²) >= 11 is 0. The van der Waals surface area contributed by atoms with Crippen LogP contribution in [0.5, 0.6) is 0 Å². The highest BCUT2D eigenvalue weighted by Gasteiger charge is 2.25. The number of hydrogen-bond donors (Lipinski definition) is 0. The molecule has 0 bridgehead atoms. The fourth-order valence-electron chi connectivity index (χ4n) is 1.68. The lowest BCUT2D eigenvalue weighted by molar-refractivity contribution is -0.0966. The maximum Gasteiger partial charge on any atom is 0.460 e. The zero-order chi connectivity index (χ0) is 10.8. The molecule has 1 aliphatic heterocycles. The topological polar surface area (TPSA) is 23.7 Å². The summed E-state index contributed by atoms with van der Waals surface area (Å²) in [5.74, 6) is 0.668. The molecule has 2 aromatic rings. The molecule has 0 aliphatic carbocycles. The van der Waals surface area contributed by atoms with E-state index in [0.29, 0.717) is 5.90 Å². The number of hydrogen-bond acceptors (Lipinski definition) is 1. The molecular weight excluding hydrogens is 198 g/mol. The molecule has 0 unspecified atom stereocenters. The van der Waals surface area contributed by atoms with E-state index >= 15 is 0 Å². The second-order valence-corrected chi connectivity index (χ2v) is 3.58. The minimum atomic E-state index is 0.668. The van der Waals surface area contributed by atoms with Gasteiger partial charge in [0.05, 0.1) is 11.3 Å². The quantitative estimate of drug-likeness (QED) is 0.508. The first-order valence-corrected chi connectivity index (χ1v) is 5.16. The second-order valence-electron chi connectivity index (χ2n) is 3.58. The summed E-state index contributed by atoms with van der Waals surface area (Å²) in [6.07, 6.45) is 1.73. The zero-order valence-corrected chi connectivity index (χ0v) is 8.63. The minimum Gasteiger partial charge on any atom is -0.195 e. The van der Waals surface area contributed by atoms with E-state index in [1.807, 2.05) is 54.6 Å². The van der Waals surface area contributed by atoms with E-state index in [4.69, 9.17) is 4.42 Å². The Kier molecular flexibility index (Phi) is 2.11. The van der Waals surface area contributed by atoms with Crippen LogP contribution >= 0.6 is 0 Å². The van der Waals surface area contributed by atoms with E-state index < -0.39 is 0 Å². The van der Waals surface area contributed by atoms with Crippen molar-refractivity contribution in [3.8, 4) is 0 Å². The third-order valence-electron chi connectivity index (χ3n) is 2.48. The van der Waals surface area contributed by atoms with Crippen molar-refractivity contribution in [3.63, 3.8) is 0 Å². The number of aliphatic imine (C=N–C) groups is 1. The number of benzene rings is 2. The fraction of sp³-hybridized carbons (Fsp3) is 0. The highest BCUT2D eigenvalue weighted by atomic mass is 16.4. The van der Waals surface area contributed by atoms with Crippen LogP contribution in [0.25, 0.3) is 0 Å². The lowest BCUT2D eigenvalue weighted by Gasteiger charge is -1.90. The number of fused-ring (bicyclic) bond motifs is 1. The molecule has 1 heterocycles. The summed E-state index contributed by atoms with van der Waals surface area (Å²) in [6.45, 7) is 0. The van der Waals surface area contributed by atoms with Gasteiger partial charge in [0.15, 0.2) is 0 Å². The summed E-state index contributed by atoms with van der Waals surface area (Å²) < 4.78 is 5.45. The molecule has 2 heteroatoms. The van der Waals surface area contributed by atoms with Crippen LogP contribution in [0.15, 0.2) is 59.6 Å². The van der Waals surface area contributed by atoms with Gasteiger partial charge < -0.3 is 0 Å². The lowest BCUT2D eigenvalue weighted by atomic mass is 10.1. The smallest absolute Gasteiger partial charge is 0.195 e. The molecule has 0 radical (unpaired) electrons. The van der Waals surface area contributed by atoms with Gasteiger partial charge in [-0.15, -0.1) is 0 Å². The van der Waals surface area contributed by atoms with Gasteiger partial charge >= 0.3 is 12.2 Å². The Morgan fingerprint density at radius 2 is 1.56 bits per heavy atom. The Bertz CT molecular complexity index is 570. The molecule has 0 amide bonds. The molecule has 0 spiro atoms. The van der Waals surface area contributed by atoms with Crippen LogP contribution in [0, 0.1) is 0 Å². The largest absolute Gasteiger partial charge is 0.460 e. The van der Waals surface area contributed by atoms with Crippen molar-refractivity contribution in [3.05, 3.63) is 65.7 Å². The summed E-state index contributed by atoms with van der Waals surface area (Å²) in [4.78, 5) is 4.46. The predicted octanol–water partition coefficient (Wildman–Crippen LogP) is 3.13. The van der Waals surface area contributed by atoms with Gasteiger partial charge in [0, 0.05) is 0 Å². The van der Waals surface area contributed by atoms with Crippen LogP contribution in [0.4, 0.5) is 5.69 Å². The van der Waals surface area contributed by atoms with Crippen molar-refractivity contribution in [1.82, 2.24) is 0 Å². The molecule has 2 nitrogen and oxygen atoms in total. The van der Waals surface area contributed by atoms with E-state index in [1.165, 1.54) is 0 Å². The standard InChI is InChI=1S/C14H10NO/c1-2-7-12(8-3-1)15-14-13-9-5-4-6-11(13)10-16-14/h1-10H/q+1. The van der Waals surface area contributed by atoms with Crippen LogP contribution in [-0.4, -0.2) is 12.2 Å². The van der Waals surface area contributed by atoms with Gasteiger partial charge in [-0.2, -0.15) is 9.42 Å². The van der Waals surface area contributed by atoms with Gasteiger partial charge in [-0.3, -0.25) is 0 Å². The first-order valence-electron chi connectivity index (χ1n) is 5.16. The number of carbonyl (C=O) groups excluding carboxylic acids is 1. The second kappa shape index (κ2) is 3.74. The molecule has 1 aliphatic rings. The molecule has 0 saturated carbocycles. The molecular formula is C14H10NO+. The zero-order valence-electron chi connectivity index (χ0n) is 8.63. The first-order chi connectivity index (χ1) is 7.93. The monoisotopic (exact) mass is 208 g/mol. The number of aldehydes is 1. The van der Waals surface area contributed by atoms with Crippen molar-refractivity contribution < 1.29 is 4.42 Å². The first kappa shape index (κ1) is 9.04. The molecule has 76 valence electrons. The maximum absolute atomic E-state index is 5.45. The third-order valence-corrected chi connectivity index (χ3v) is 2.48. The minimum absolute atomic E-state index is 0.668. The summed E-state index contributed by atoms with van der Waals surface area (Å²) in [6, 6.07) is 17.8. The van der Waals surface area contributed by atoms with Crippen molar-refractivity contribution in [2.75, 3.05) is 0 Å². The van der Waals surface area contributed by atoms with Crippen LogP contribution in [0.2, 0.25) is 0 Å². The summed E-state index contributed by atoms with van der Waals surface area (Å²) in [5, 5.41) is 0. The Hall–Kier alpha value is -2.22. The van der Waals surface area contributed by atoms with Gasteiger partial charge in [0.1, 0.15) is 5.56 Å². The maximum atomic E-state index is 5.45. The molecule has 0 aromatic heterocycles. The van der Waals surface area contributed by atoms with Gasteiger partial charge in [-0.25, -0.2) is 0 Å². The van der Waals surface area contributed by atoms with Crippen LogP contribution < -0.4 is 0 Å². The molecule has 3 rings (SSSR count). The normalized spacial score (nSPS) is 15.4. The van der Waals surface area contributed by atoms with E-state index in [9.17, 15) is 0 Å². The molecule has 16 heavy (non-hydrogen) atoms. The van der Waals surface area contributed by atoms with Crippen molar-refractivity contribution in [2.45, 2.75) is 0 Å². The highest BCUT2D eigenvalue weighted by molar-refractivity contribution is 6.06. The Balaban J connectivity index is 2.06. The number of nitrogens with zero attached hydrogens (tertiary/aromatic N) is 1. The van der Waals surface area contributed by atoms with Crippen LogP contribution in [-0.2, 0) is 0 Å². The van der Waals surface area contributed by atoms with Crippen LogP contribution in [0.1, 0.15) is 15.6 Å². The Labute approximate surface area is 93.6 Å².